The number of fused-ring (bicyclic) bond motifs is 1. The number of amides is 1. The standard InChI is InChI=1S/C14H8ClF3N4O/c15-9-6-11-12(7-10(9)19-13(23)14(16,17)18)21-22(20-11)8-4-2-1-3-5-8/h1-7H,(H,19,23). The Balaban J connectivity index is 2.00. The summed E-state index contributed by atoms with van der Waals surface area (Å²) in [6, 6.07) is 11.5. The lowest BCUT2D eigenvalue weighted by molar-refractivity contribution is -0.167. The van der Waals surface area contributed by atoms with Gasteiger partial charge in [0.15, 0.2) is 0 Å². The molecule has 0 saturated heterocycles. The first-order valence-electron chi connectivity index (χ1n) is 6.35. The minimum absolute atomic E-state index is 0.0600. The molecular weight excluding hydrogens is 333 g/mol. The van der Waals surface area contributed by atoms with Gasteiger partial charge in [0.2, 0.25) is 0 Å². The third-order valence-electron chi connectivity index (χ3n) is 2.96. The van der Waals surface area contributed by atoms with E-state index in [4.69, 9.17) is 11.6 Å². The molecule has 1 aromatic heterocycles. The van der Waals surface area contributed by atoms with Gasteiger partial charge in [0.05, 0.1) is 16.4 Å². The maximum Gasteiger partial charge on any atom is 0.471 e. The molecule has 0 unspecified atom stereocenters. The van der Waals surface area contributed by atoms with Crippen LogP contribution < -0.4 is 5.32 Å². The van der Waals surface area contributed by atoms with Crippen LogP contribution in [-0.2, 0) is 4.79 Å². The topological polar surface area (TPSA) is 59.8 Å². The highest BCUT2D eigenvalue weighted by molar-refractivity contribution is 6.34. The lowest BCUT2D eigenvalue weighted by Crippen LogP contribution is -2.30. The van der Waals surface area contributed by atoms with Gasteiger partial charge in [-0.3, -0.25) is 4.79 Å². The quantitative estimate of drug-likeness (QED) is 0.775. The number of halogens is 4. The Bertz CT molecular complexity index is 877. The second-order valence-corrected chi connectivity index (χ2v) is 5.00. The van der Waals surface area contributed by atoms with Gasteiger partial charge in [-0.1, -0.05) is 29.8 Å². The van der Waals surface area contributed by atoms with Crippen LogP contribution in [0.2, 0.25) is 5.02 Å². The minimum Gasteiger partial charge on any atom is -0.317 e. The summed E-state index contributed by atoms with van der Waals surface area (Å²) in [5, 5.41) is 10.0. The van der Waals surface area contributed by atoms with Gasteiger partial charge < -0.3 is 5.32 Å². The zero-order chi connectivity index (χ0) is 16.6. The maximum absolute atomic E-state index is 12.3. The summed E-state index contributed by atoms with van der Waals surface area (Å²) < 4.78 is 37.0. The van der Waals surface area contributed by atoms with Crippen molar-refractivity contribution in [1.82, 2.24) is 15.0 Å². The van der Waals surface area contributed by atoms with Gasteiger partial charge in [-0.05, 0) is 24.3 Å². The van der Waals surface area contributed by atoms with E-state index in [9.17, 15) is 18.0 Å². The van der Waals surface area contributed by atoms with Gasteiger partial charge >= 0.3 is 12.1 Å². The first-order valence-corrected chi connectivity index (χ1v) is 6.72. The van der Waals surface area contributed by atoms with E-state index in [1.165, 1.54) is 16.9 Å². The minimum atomic E-state index is -5.00. The molecule has 1 amide bonds. The molecular formula is C14H8ClF3N4O. The summed E-state index contributed by atoms with van der Waals surface area (Å²) in [4.78, 5) is 12.3. The smallest absolute Gasteiger partial charge is 0.317 e. The number of hydrogen-bond donors (Lipinski definition) is 1. The van der Waals surface area contributed by atoms with E-state index in [0.717, 1.165) is 0 Å². The Morgan fingerprint density at radius 2 is 1.70 bits per heavy atom. The molecule has 0 spiro atoms. The van der Waals surface area contributed by atoms with E-state index in [-0.39, 0.29) is 10.7 Å². The Hall–Kier alpha value is -2.61. The number of carbonyl (C=O) groups is 1. The van der Waals surface area contributed by atoms with Crippen LogP contribution in [0, 0.1) is 0 Å². The van der Waals surface area contributed by atoms with Crippen molar-refractivity contribution >= 4 is 34.2 Å². The largest absolute Gasteiger partial charge is 0.471 e. The van der Waals surface area contributed by atoms with E-state index in [0.29, 0.717) is 16.7 Å². The van der Waals surface area contributed by atoms with Crippen molar-refractivity contribution in [3.05, 3.63) is 47.5 Å². The van der Waals surface area contributed by atoms with Crippen molar-refractivity contribution in [3.8, 4) is 5.69 Å². The molecule has 3 aromatic rings. The van der Waals surface area contributed by atoms with Crippen LogP contribution in [0.15, 0.2) is 42.5 Å². The highest BCUT2D eigenvalue weighted by atomic mass is 35.5. The van der Waals surface area contributed by atoms with Gasteiger partial charge in [0.25, 0.3) is 0 Å². The third kappa shape index (κ3) is 3.11. The van der Waals surface area contributed by atoms with E-state index in [1.54, 1.807) is 29.6 Å². The third-order valence-corrected chi connectivity index (χ3v) is 3.27. The molecule has 0 aliphatic carbocycles. The molecule has 118 valence electrons. The maximum atomic E-state index is 12.3. The zero-order valence-electron chi connectivity index (χ0n) is 11.3. The molecule has 9 heteroatoms. The molecule has 0 aliphatic rings. The van der Waals surface area contributed by atoms with Gasteiger partial charge in [0.1, 0.15) is 11.0 Å². The van der Waals surface area contributed by atoms with Crippen molar-refractivity contribution < 1.29 is 18.0 Å². The van der Waals surface area contributed by atoms with Crippen LogP contribution >= 0.6 is 11.6 Å². The van der Waals surface area contributed by atoms with Gasteiger partial charge in [-0.2, -0.15) is 18.0 Å². The average Bonchev–Trinajstić information content (AvgIpc) is 2.90. The number of carbonyl (C=O) groups excluding carboxylic acids is 1. The van der Waals surface area contributed by atoms with Gasteiger partial charge in [0, 0.05) is 0 Å². The van der Waals surface area contributed by atoms with Gasteiger partial charge in [-0.25, -0.2) is 0 Å². The number of para-hydroxylation sites is 1. The summed E-state index contributed by atoms with van der Waals surface area (Å²) in [5.74, 6) is -2.10. The highest BCUT2D eigenvalue weighted by Crippen LogP contribution is 2.28. The van der Waals surface area contributed by atoms with E-state index in [2.05, 4.69) is 10.2 Å². The monoisotopic (exact) mass is 340 g/mol. The molecule has 0 saturated carbocycles. The van der Waals surface area contributed by atoms with Crippen LogP contribution in [0.4, 0.5) is 18.9 Å². The van der Waals surface area contributed by atoms with Crippen LogP contribution in [0.3, 0.4) is 0 Å². The first kappa shape index (κ1) is 15.3. The average molecular weight is 341 g/mol. The molecule has 23 heavy (non-hydrogen) atoms. The van der Waals surface area contributed by atoms with Crippen LogP contribution in [0.25, 0.3) is 16.7 Å². The van der Waals surface area contributed by atoms with Crippen molar-refractivity contribution in [1.29, 1.82) is 0 Å². The van der Waals surface area contributed by atoms with Crippen LogP contribution in [-0.4, -0.2) is 27.1 Å². The number of hydrogen-bond acceptors (Lipinski definition) is 3. The highest BCUT2D eigenvalue weighted by Gasteiger charge is 2.39. The molecule has 1 N–H and O–H groups in total. The molecule has 0 fully saturated rings. The molecule has 1 heterocycles. The van der Waals surface area contributed by atoms with Crippen molar-refractivity contribution in [2.75, 3.05) is 5.32 Å². The van der Waals surface area contributed by atoms with Crippen molar-refractivity contribution in [2.45, 2.75) is 6.18 Å². The van der Waals surface area contributed by atoms with Crippen LogP contribution in [0.1, 0.15) is 0 Å². The number of anilines is 1. The molecule has 5 nitrogen and oxygen atoms in total. The summed E-state index contributed by atoms with van der Waals surface area (Å²) >= 11 is 5.89. The number of rotatable bonds is 2. The molecule has 0 bridgehead atoms. The number of nitrogens with zero attached hydrogens (tertiary/aromatic N) is 3. The number of alkyl halides is 3. The zero-order valence-corrected chi connectivity index (χ0v) is 12.1. The Labute approximate surface area is 132 Å². The molecule has 2 aromatic carbocycles. The van der Waals surface area contributed by atoms with Crippen molar-refractivity contribution in [3.63, 3.8) is 0 Å². The lowest BCUT2D eigenvalue weighted by atomic mass is 10.2. The molecule has 0 radical (unpaired) electrons. The second kappa shape index (κ2) is 5.54. The fraction of sp³-hybridized carbons (Fsp3) is 0.0714. The summed E-state index contributed by atoms with van der Waals surface area (Å²) in [6.07, 6.45) is -5.00. The van der Waals surface area contributed by atoms with Crippen LogP contribution in [0.5, 0.6) is 0 Å². The molecule has 0 atom stereocenters. The first-order chi connectivity index (χ1) is 10.8. The predicted octanol–water partition coefficient (Wildman–Crippen LogP) is 3.57. The van der Waals surface area contributed by atoms with E-state index >= 15 is 0 Å². The Morgan fingerprint density at radius 3 is 2.30 bits per heavy atom. The summed E-state index contributed by atoms with van der Waals surface area (Å²) in [7, 11) is 0. The van der Waals surface area contributed by atoms with E-state index in [1.807, 2.05) is 6.07 Å². The fourth-order valence-corrected chi connectivity index (χ4v) is 2.11. The number of aromatic nitrogens is 3. The van der Waals surface area contributed by atoms with Gasteiger partial charge in [-0.15, -0.1) is 10.2 Å². The molecule has 0 aliphatic heterocycles. The Kier molecular flexibility index (Phi) is 3.69. The van der Waals surface area contributed by atoms with Crippen molar-refractivity contribution in [2.24, 2.45) is 0 Å². The predicted molar refractivity (Wildman–Crippen MR) is 78.6 cm³/mol. The lowest BCUT2D eigenvalue weighted by Gasteiger charge is -2.08. The summed E-state index contributed by atoms with van der Waals surface area (Å²) in [5.41, 5.74) is 1.20. The number of benzene rings is 2. The van der Waals surface area contributed by atoms with E-state index < -0.39 is 12.1 Å². The Morgan fingerprint density at radius 1 is 1.09 bits per heavy atom. The number of nitrogens with one attached hydrogen (secondary N) is 1. The summed E-state index contributed by atoms with van der Waals surface area (Å²) in [6.45, 7) is 0. The SMILES string of the molecule is O=C(Nc1cc2nn(-c3ccccc3)nc2cc1Cl)C(F)(F)F. The normalized spacial score (nSPS) is 11.7. The fourth-order valence-electron chi connectivity index (χ4n) is 1.90. The molecule has 3 rings (SSSR count). The second-order valence-electron chi connectivity index (χ2n) is 4.60.